The van der Waals surface area contributed by atoms with Crippen LogP contribution in [-0.4, -0.2) is 42.4 Å². The zero-order chi connectivity index (χ0) is 11.5. The molecule has 1 radical (unpaired) electrons. The summed E-state index contributed by atoms with van der Waals surface area (Å²) < 4.78 is 0. The summed E-state index contributed by atoms with van der Waals surface area (Å²) in [5.74, 6) is 0. The van der Waals surface area contributed by atoms with E-state index in [0.29, 0.717) is 0 Å². The van der Waals surface area contributed by atoms with E-state index in [1.54, 1.807) is 0 Å². The Morgan fingerprint density at radius 2 is 1.67 bits per heavy atom. The minimum absolute atomic E-state index is 0.0437. The Hall–Kier alpha value is -0.120. The van der Waals surface area contributed by atoms with Gasteiger partial charge in [-0.3, -0.25) is 0 Å². The first-order chi connectivity index (χ1) is 7.24. The molecule has 0 aliphatic rings. The maximum atomic E-state index is 10.2. The average molecular weight is 216 g/mol. The molecule has 0 saturated carbocycles. The number of unbranched alkanes of at least 4 members (excludes halogenated alkanes) is 3. The monoisotopic (exact) mass is 216 g/mol. The minimum Gasteiger partial charge on any atom is -0.392 e. The highest BCUT2D eigenvalue weighted by atomic mass is 16.3. The van der Waals surface area contributed by atoms with Gasteiger partial charge >= 0.3 is 0 Å². The van der Waals surface area contributed by atoms with Crippen LogP contribution in [0.1, 0.15) is 46.0 Å². The van der Waals surface area contributed by atoms with Crippen molar-refractivity contribution >= 4 is 0 Å². The smallest absolute Gasteiger partial charge is 0.0822 e. The van der Waals surface area contributed by atoms with Crippen LogP contribution in [0.5, 0.6) is 0 Å². The Bertz CT molecular complexity index is 127. The van der Waals surface area contributed by atoms with E-state index in [4.69, 9.17) is 0 Å². The van der Waals surface area contributed by atoms with E-state index in [9.17, 15) is 10.2 Å². The van der Waals surface area contributed by atoms with E-state index in [1.165, 1.54) is 0 Å². The zero-order valence-corrected chi connectivity index (χ0v) is 10.2. The fraction of sp³-hybridized carbons (Fsp3) is 1.00. The molecule has 0 rings (SSSR count). The summed E-state index contributed by atoms with van der Waals surface area (Å²) in [4.78, 5) is 2.24. The molecular weight excluding hydrogens is 190 g/mol. The summed E-state index contributed by atoms with van der Waals surface area (Å²) in [7, 11) is 0. The molecule has 0 aliphatic heterocycles. The van der Waals surface area contributed by atoms with Gasteiger partial charge in [0.25, 0.3) is 0 Å². The van der Waals surface area contributed by atoms with E-state index >= 15 is 0 Å². The van der Waals surface area contributed by atoms with Gasteiger partial charge in [-0.05, 0) is 25.9 Å². The largest absolute Gasteiger partial charge is 0.392 e. The molecule has 1 N–H and O–H groups in total. The molecule has 0 spiro atoms. The number of aliphatic hydroxyl groups is 1. The fourth-order valence-electron chi connectivity index (χ4n) is 1.71. The molecule has 0 aromatic carbocycles. The maximum Gasteiger partial charge on any atom is 0.0822 e. The van der Waals surface area contributed by atoms with Crippen molar-refractivity contribution in [1.82, 2.24) is 4.90 Å². The molecule has 3 heteroatoms. The van der Waals surface area contributed by atoms with Crippen LogP contribution < -0.4 is 0 Å². The molecule has 0 bridgehead atoms. The van der Waals surface area contributed by atoms with Crippen molar-refractivity contribution in [2.75, 3.05) is 26.2 Å². The van der Waals surface area contributed by atoms with Gasteiger partial charge in [-0.2, -0.15) is 0 Å². The molecule has 0 fully saturated rings. The highest BCUT2D eigenvalue weighted by Gasteiger charge is 2.07. The first-order valence-corrected chi connectivity index (χ1v) is 6.23. The number of aliphatic hydroxyl groups excluding tert-OH is 1. The molecule has 3 nitrogen and oxygen atoms in total. The molecule has 0 aliphatic carbocycles. The Kier molecular flexibility index (Phi) is 10.3. The number of nitrogens with zero attached hydrogens (tertiary/aromatic N) is 1. The molecule has 0 aromatic heterocycles. The van der Waals surface area contributed by atoms with Crippen LogP contribution in [0.25, 0.3) is 0 Å². The first-order valence-electron chi connectivity index (χ1n) is 6.23. The van der Waals surface area contributed by atoms with Gasteiger partial charge in [-0.1, -0.05) is 33.1 Å². The number of rotatable bonds is 10. The zero-order valence-electron chi connectivity index (χ0n) is 10.2. The van der Waals surface area contributed by atoms with Gasteiger partial charge in [0.05, 0.1) is 12.7 Å². The minimum atomic E-state index is -0.197. The first kappa shape index (κ1) is 14.9. The average Bonchev–Trinajstić information content (AvgIpc) is 2.25. The number of likely N-dealkylation sites (N-methyl/N-ethyl adjacent to an activating group) is 1. The fourth-order valence-corrected chi connectivity index (χ4v) is 1.71. The van der Waals surface area contributed by atoms with Crippen LogP contribution >= 0.6 is 0 Å². The molecular formula is C12H26NO2. The summed E-state index contributed by atoms with van der Waals surface area (Å²) in [6.07, 6.45) is 4.60. The Morgan fingerprint density at radius 3 is 2.20 bits per heavy atom. The van der Waals surface area contributed by atoms with E-state index in [-0.39, 0.29) is 12.7 Å². The van der Waals surface area contributed by atoms with Crippen molar-refractivity contribution in [2.45, 2.75) is 52.1 Å². The second-order valence-corrected chi connectivity index (χ2v) is 4.05. The molecule has 91 valence electrons. The maximum absolute atomic E-state index is 10.2. The molecule has 0 heterocycles. The van der Waals surface area contributed by atoms with Crippen molar-refractivity contribution in [1.29, 1.82) is 0 Å². The number of hydrogen-bond acceptors (Lipinski definition) is 2. The lowest BCUT2D eigenvalue weighted by molar-refractivity contribution is 0.108. The molecule has 1 atom stereocenters. The van der Waals surface area contributed by atoms with Crippen molar-refractivity contribution < 1.29 is 10.2 Å². The van der Waals surface area contributed by atoms with Crippen molar-refractivity contribution in [3.63, 3.8) is 0 Å². The van der Waals surface area contributed by atoms with Crippen LogP contribution in [-0.2, 0) is 5.11 Å². The molecule has 15 heavy (non-hydrogen) atoms. The topological polar surface area (TPSA) is 43.4 Å². The predicted octanol–water partition coefficient (Wildman–Crippen LogP) is 2.07. The molecule has 1 unspecified atom stereocenters. The molecule has 0 aromatic rings. The van der Waals surface area contributed by atoms with Gasteiger partial charge in [0.15, 0.2) is 0 Å². The Labute approximate surface area is 94.1 Å². The van der Waals surface area contributed by atoms with Gasteiger partial charge in [-0.25, -0.2) is 5.11 Å². The Morgan fingerprint density at radius 1 is 1.07 bits per heavy atom. The second-order valence-electron chi connectivity index (χ2n) is 4.05. The van der Waals surface area contributed by atoms with Crippen LogP contribution in [0.2, 0.25) is 0 Å². The van der Waals surface area contributed by atoms with E-state index in [2.05, 4.69) is 18.7 Å². The Balaban J connectivity index is 3.35. The van der Waals surface area contributed by atoms with Crippen molar-refractivity contribution in [3.05, 3.63) is 0 Å². The lowest BCUT2D eigenvalue weighted by Crippen LogP contribution is -2.32. The van der Waals surface area contributed by atoms with Gasteiger partial charge in [0.1, 0.15) is 0 Å². The lowest BCUT2D eigenvalue weighted by Gasteiger charge is -2.21. The van der Waals surface area contributed by atoms with Gasteiger partial charge in [0, 0.05) is 6.54 Å². The van der Waals surface area contributed by atoms with E-state index in [0.717, 1.165) is 51.7 Å². The third-order valence-corrected chi connectivity index (χ3v) is 2.80. The normalized spacial score (nSPS) is 13.4. The van der Waals surface area contributed by atoms with Gasteiger partial charge in [0.2, 0.25) is 0 Å². The van der Waals surface area contributed by atoms with E-state index < -0.39 is 0 Å². The number of hydrogen-bond donors (Lipinski definition) is 1. The summed E-state index contributed by atoms with van der Waals surface area (Å²) in [6.45, 7) is 7.07. The van der Waals surface area contributed by atoms with Gasteiger partial charge < -0.3 is 10.0 Å². The van der Waals surface area contributed by atoms with Crippen molar-refractivity contribution in [3.8, 4) is 0 Å². The quantitative estimate of drug-likeness (QED) is 0.568. The summed E-state index contributed by atoms with van der Waals surface area (Å²) in [5, 5.41) is 19.9. The second kappa shape index (κ2) is 10.4. The predicted molar refractivity (Wildman–Crippen MR) is 62.4 cm³/mol. The molecule has 0 saturated heterocycles. The highest BCUT2D eigenvalue weighted by Crippen LogP contribution is 2.06. The highest BCUT2D eigenvalue weighted by molar-refractivity contribution is 4.62. The van der Waals surface area contributed by atoms with E-state index in [1.807, 2.05) is 0 Å². The lowest BCUT2D eigenvalue weighted by atomic mass is 10.1. The van der Waals surface area contributed by atoms with Crippen molar-refractivity contribution in [2.24, 2.45) is 0 Å². The standard InChI is InChI=1S/C12H26NO2/c1-3-13(4-2)11-12(15)9-7-5-6-8-10-14/h12,15H,3-11H2,1-2H3. The summed E-state index contributed by atoms with van der Waals surface area (Å²) >= 11 is 0. The molecule has 0 amide bonds. The third-order valence-electron chi connectivity index (χ3n) is 2.80. The third kappa shape index (κ3) is 8.85. The van der Waals surface area contributed by atoms with Crippen LogP contribution in [0.4, 0.5) is 0 Å². The van der Waals surface area contributed by atoms with Crippen LogP contribution in [0.15, 0.2) is 0 Å². The van der Waals surface area contributed by atoms with Gasteiger partial charge in [-0.15, -0.1) is 0 Å². The van der Waals surface area contributed by atoms with Crippen LogP contribution in [0.3, 0.4) is 0 Å². The van der Waals surface area contributed by atoms with Crippen LogP contribution in [0, 0.1) is 0 Å². The SMILES string of the molecule is CCN(CC)CC(O)CCCCCC[O]. The summed E-state index contributed by atoms with van der Waals surface area (Å²) in [5.41, 5.74) is 0. The summed E-state index contributed by atoms with van der Waals surface area (Å²) in [6, 6.07) is 0.